The zero-order valence-corrected chi connectivity index (χ0v) is 17.0. The Balaban J connectivity index is 1.63. The molecule has 0 fully saturated rings. The van der Waals surface area contributed by atoms with Crippen LogP contribution in [0.5, 0.6) is 0 Å². The first-order chi connectivity index (χ1) is 14.4. The van der Waals surface area contributed by atoms with Gasteiger partial charge in [0.25, 0.3) is 5.56 Å². The van der Waals surface area contributed by atoms with E-state index in [9.17, 15) is 14.4 Å². The number of nitrogens with one attached hydrogen (secondary N) is 2. The van der Waals surface area contributed by atoms with Gasteiger partial charge in [-0.25, -0.2) is 0 Å². The van der Waals surface area contributed by atoms with Crippen molar-refractivity contribution in [3.63, 3.8) is 0 Å². The second kappa shape index (κ2) is 8.16. The van der Waals surface area contributed by atoms with Crippen LogP contribution in [0.15, 0.2) is 53.5 Å². The molecule has 30 heavy (non-hydrogen) atoms. The quantitative estimate of drug-likeness (QED) is 0.647. The number of hydrogen-bond acceptors (Lipinski definition) is 4. The molecule has 4 rings (SSSR count). The van der Waals surface area contributed by atoms with E-state index >= 15 is 0 Å². The van der Waals surface area contributed by atoms with Crippen LogP contribution >= 0.6 is 11.6 Å². The molecule has 8 nitrogen and oxygen atoms in total. The summed E-state index contributed by atoms with van der Waals surface area (Å²) in [6, 6.07) is 11.7. The molecule has 0 saturated heterocycles. The molecule has 0 saturated carbocycles. The third-order valence-electron chi connectivity index (χ3n) is 5.09. The Kier molecular flexibility index (Phi) is 5.41. The van der Waals surface area contributed by atoms with Gasteiger partial charge in [0, 0.05) is 18.3 Å². The average Bonchev–Trinajstić information content (AvgIpc) is 3.02. The van der Waals surface area contributed by atoms with Gasteiger partial charge in [-0.05, 0) is 29.8 Å². The number of H-pyrrole nitrogens is 1. The molecule has 1 aliphatic rings. The van der Waals surface area contributed by atoms with E-state index < -0.39 is 6.04 Å². The van der Waals surface area contributed by atoms with E-state index in [1.165, 1.54) is 9.58 Å². The third-order valence-corrected chi connectivity index (χ3v) is 5.34. The Morgan fingerprint density at radius 2 is 2.00 bits per heavy atom. The number of carbonyl (C=O) groups excluding carboxylic acids is 2. The topological polar surface area (TPSA) is 100 Å². The lowest BCUT2D eigenvalue weighted by atomic mass is 9.92. The fourth-order valence-corrected chi connectivity index (χ4v) is 3.79. The van der Waals surface area contributed by atoms with Crippen LogP contribution in [0.25, 0.3) is 0 Å². The van der Waals surface area contributed by atoms with E-state index in [-0.39, 0.29) is 36.9 Å². The van der Waals surface area contributed by atoms with Crippen LogP contribution in [-0.2, 0) is 29.6 Å². The van der Waals surface area contributed by atoms with Crippen LogP contribution in [0.1, 0.15) is 28.6 Å². The van der Waals surface area contributed by atoms with Crippen LogP contribution in [0.3, 0.4) is 0 Å². The van der Waals surface area contributed by atoms with Crippen LogP contribution in [0, 0.1) is 0 Å². The number of halogens is 1. The Bertz CT molecular complexity index is 1140. The van der Waals surface area contributed by atoms with Gasteiger partial charge in [-0.1, -0.05) is 29.8 Å². The van der Waals surface area contributed by atoms with E-state index in [2.05, 4.69) is 15.4 Å². The maximum atomic E-state index is 12.9. The lowest BCUT2D eigenvalue weighted by Crippen LogP contribution is -2.47. The smallest absolute Gasteiger partial charge is 0.272 e. The molecule has 2 aromatic heterocycles. The van der Waals surface area contributed by atoms with Crippen molar-refractivity contribution >= 4 is 23.4 Å². The summed E-state index contributed by atoms with van der Waals surface area (Å²) in [7, 11) is 1.61. The zero-order valence-electron chi connectivity index (χ0n) is 16.3. The van der Waals surface area contributed by atoms with Gasteiger partial charge >= 0.3 is 0 Å². The summed E-state index contributed by atoms with van der Waals surface area (Å²) in [5.41, 5.74) is 2.24. The number of amides is 2. The van der Waals surface area contributed by atoms with Crippen molar-refractivity contribution < 1.29 is 9.59 Å². The fourth-order valence-electron chi connectivity index (χ4n) is 3.67. The second-order valence-corrected chi connectivity index (χ2v) is 7.55. The Labute approximate surface area is 177 Å². The summed E-state index contributed by atoms with van der Waals surface area (Å²) in [6.07, 6.45) is 1.68. The molecule has 0 radical (unpaired) electrons. The lowest BCUT2D eigenvalue weighted by molar-refractivity contribution is -0.138. The Morgan fingerprint density at radius 1 is 1.23 bits per heavy atom. The van der Waals surface area contributed by atoms with Gasteiger partial charge in [0.2, 0.25) is 11.8 Å². The van der Waals surface area contributed by atoms with Gasteiger partial charge in [-0.15, -0.1) is 0 Å². The molecule has 0 bridgehead atoms. The lowest BCUT2D eigenvalue weighted by Gasteiger charge is -2.34. The molecule has 0 aliphatic carbocycles. The van der Waals surface area contributed by atoms with Crippen molar-refractivity contribution in [3.8, 4) is 0 Å². The molecular formula is C21H20ClN5O3. The third kappa shape index (κ3) is 3.86. The Morgan fingerprint density at radius 3 is 2.70 bits per heavy atom. The Hall–Kier alpha value is -3.39. The first-order valence-corrected chi connectivity index (χ1v) is 9.81. The fraction of sp³-hybridized carbons (Fsp3) is 0.238. The number of hydrogen-bond donors (Lipinski definition) is 2. The predicted octanol–water partition coefficient (Wildman–Crippen LogP) is 1.55. The van der Waals surface area contributed by atoms with Crippen molar-refractivity contribution in [2.75, 3.05) is 6.54 Å². The van der Waals surface area contributed by atoms with Crippen molar-refractivity contribution in [1.29, 1.82) is 0 Å². The molecule has 1 unspecified atom stereocenters. The second-order valence-electron chi connectivity index (χ2n) is 7.12. The predicted molar refractivity (Wildman–Crippen MR) is 111 cm³/mol. The maximum absolute atomic E-state index is 12.9. The van der Waals surface area contributed by atoms with Gasteiger partial charge in [-0.3, -0.25) is 29.1 Å². The highest BCUT2D eigenvalue weighted by Crippen LogP contribution is 2.33. The summed E-state index contributed by atoms with van der Waals surface area (Å²) in [5, 5.41) is 6.28. The normalized spacial score (nSPS) is 15.7. The van der Waals surface area contributed by atoms with E-state index in [1.54, 1.807) is 49.6 Å². The van der Waals surface area contributed by atoms with Crippen molar-refractivity contribution in [3.05, 3.63) is 86.6 Å². The molecule has 154 valence electrons. The van der Waals surface area contributed by atoms with Crippen LogP contribution in [0.4, 0.5) is 0 Å². The summed E-state index contributed by atoms with van der Waals surface area (Å²) < 4.78 is 1.35. The van der Waals surface area contributed by atoms with Gasteiger partial charge in [0.15, 0.2) is 0 Å². The minimum absolute atomic E-state index is 0.0308. The number of benzene rings is 1. The highest BCUT2D eigenvalue weighted by atomic mass is 35.5. The molecule has 9 heteroatoms. The van der Waals surface area contributed by atoms with Crippen LogP contribution in [0.2, 0.25) is 5.02 Å². The molecule has 0 spiro atoms. The summed E-state index contributed by atoms with van der Waals surface area (Å²) in [5.74, 6) is -0.568. The number of pyridine rings is 1. The van der Waals surface area contributed by atoms with Gasteiger partial charge < -0.3 is 10.2 Å². The minimum atomic E-state index is -0.677. The molecular weight excluding hydrogens is 406 g/mol. The molecule has 1 aromatic carbocycles. The van der Waals surface area contributed by atoms with Crippen LogP contribution in [-0.4, -0.2) is 38.0 Å². The van der Waals surface area contributed by atoms with Crippen molar-refractivity contribution in [2.24, 2.45) is 7.05 Å². The molecule has 2 amide bonds. The highest BCUT2D eigenvalue weighted by molar-refractivity contribution is 6.30. The number of aromatic amines is 1. The number of rotatable bonds is 5. The monoisotopic (exact) mass is 425 g/mol. The summed E-state index contributed by atoms with van der Waals surface area (Å²) in [4.78, 5) is 43.9. The summed E-state index contributed by atoms with van der Waals surface area (Å²) >= 11 is 6.01. The molecule has 3 aromatic rings. The average molecular weight is 426 g/mol. The van der Waals surface area contributed by atoms with E-state index in [1.807, 2.05) is 6.07 Å². The first-order valence-electron chi connectivity index (χ1n) is 9.43. The molecule has 1 aliphatic heterocycles. The minimum Gasteiger partial charge on any atom is -0.349 e. The summed E-state index contributed by atoms with van der Waals surface area (Å²) in [6.45, 7) is 0.0806. The van der Waals surface area contributed by atoms with E-state index in [0.29, 0.717) is 27.5 Å². The SMILES string of the molecule is Cn1[nH]c2c(c1=O)C(c1ccc(Cl)cc1)N(CC(=O)NCc1ccccn1)C(=O)C2. The maximum Gasteiger partial charge on any atom is 0.272 e. The number of aryl methyl sites for hydroxylation is 1. The van der Waals surface area contributed by atoms with Crippen LogP contribution < -0.4 is 10.9 Å². The van der Waals surface area contributed by atoms with Gasteiger partial charge in [0.05, 0.1) is 36.0 Å². The molecule has 2 N–H and O–H groups in total. The van der Waals surface area contributed by atoms with E-state index in [0.717, 1.165) is 0 Å². The van der Waals surface area contributed by atoms with Gasteiger partial charge in [-0.2, -0.15) is 0 Å². The number of aromatic nitrogens is 3. The largest absolute Gasteiger partial charge is 0.349 e. The zero-order chi connectivity index (χ0) is 21.3. The molecule has 1 atom stereocenters. The van der Waals surface area contributed by atoms with E-state index in [4.69, 9.17) is 11.6 Å². The molecule has 3 heterocycles. The number of carbonyl (C=O) groups is 2. The first kappa shape index (κ1) is 19.9. The highest BCUT2D eigenvalue weighted by Gasteiger charge is 2.38. The van der Waals surface area contributed by atoms with Crippen molar-refractivity contribution in [2.45, 2.75) is 19.0 Å². The van der Waals surface area contributed by atoms with Crippen molar-refractivity contribution in [1.82, 2.24) is 25.0 Å². The standard InChI is InChI=1S/C21H20ClN5O3/c1-26-21(30)19-16(25-26)10-18(29)27(20(19)13-5-7-14(22)8-6-13)12-17(28)24-11-15-4-2-3-9-23-15/h2-9,20,25H,10-12H2,1H3,(H,24,28). The number of fused-ring (bicyclic) bond motifs is 1. The number of nitrogens with zero attached hydrogens (tertiary/aromatic N) is 3. The van der Waals surface area contributed by atoms with Gasteiger partial charge in [0.1, 0.15) is 6.54 Å².